The molecular weight excluding hydrogens is 170 g/mol. The van der Waals surface area contributed by atoms with Crippen LogP contribution in [0.4, 0.5) is 0 Å². The van der Waals surface area contributed by atoms with Crippen LogP contribution in [0.3, 0.4) is 0 Å². The Morgan fingerprint density at radius 2 is 1.79 bits per heavy atom. The monoisotopic (exact) mass is 197 g/mol. The maximum Gasteiger partial charge on any atom is -0.00487 e. The molecule has 1 aliphatic carbocycles. The molecule has 1 heteroatoms. The highest BCUT2D eigenvalue weighted by Crippen LogP contribution is 2.30. The third-order valence-electron chi connectivity index (χ3n) is 3.53. The summed E-state index contributed by atoms with van der Waals surface area (Å²) in [7, 11) is 0. The smallest absolute Gasteiger partial charge is 0.00487 e. The third kappa shape index (κ3) is 4.45. The van der Waals surface area contributed by atoms with E-state index in [2.05, 4.69) is 13.8 Å². The van der Waals surface area contributed by atoms with E-state index in [4.69, 9.17) is 5.73 Å². The molecule has 0 radical (unpaired) electrons. The van der Waals surface area contributed by atoms with Gasteiger partial charge in [-0.25, -0.2) is 0 Å². The van der Waals surface area contributed by atoms with Crippen LogP contribution in [0.1, 0.15) is 58.8 Å². The minimum atomic E-state index is 0.790. The summed E-state index contributed by atoms with van der Waals surface area (Å²) >= 11 is 0. The van der Waals surface area contributed by atoms with E-state index in [1.807, 2.05) is 0 Å². The fourth-order valence-electron chi connectivity index (χ4n) is 2.85. The lowest BCUT2D eigenvalue weighted by molar-refractivity contribution is 0.267. The van der Waals surface area contributed by atoms with Crippen LogP contribution in [0.5, 0.6) is 0 Å². The normalized spacial score (nSPS) is 21.4. The van der Waals surface area contributed by atoms with E-state index in [9.17, 15) is 0 Å². The summed E-state index contributed by atoms with van der Waals surface area (Å²) < 4.78 is 0. The van der Waals surface area contributed by atoms with Crippen LogP contribution >= 0.6 is 0 Å². The minimum Gasteiger partial charge on any atom is -0.330 e. The molecule has 0 bridgehead atoms. The van der Waals surface area contributed by atoms with Crippen LogP contribution in [0.2, 0.25) is 0 Å². The Bertz CT molecular complexity index is 136. The van der Waals surface area contributed by atoms with Crippen molar-refractivity contribution < 1.29 is 0 Å². The molecule has 1 nitrogen and oxygen atoms in total. The molecule has 0 aromatic carbocycles. The molecule has 84 valence electrons. The van der Waals surface area contributed by atoms with E-state index in [1.165, 1.54) is 44.9 Å². The van der Waals surface area contributed by atoms with Crippen LogP contribution in [0, 0.1) is 17.8 Å². The highest BCUT2D eigenvalue weighted by atomic mass is 14.5. The van der Waals surface area contributed by atoms with Crippen molar-refractivity contribution in [2.45, 2.75) is 58.8 Å². The van der Waals surface area contributed by atoms with Gasteiger partial charge in [-0.3, -0.25) is 0 Å². The summed E-state index contributed by atoms with van der Waals surface area (Å²) in [5.41, 5.74) is 5.84. The molecule has 1 atom stereocenters. The van der Waals surface area contributed by atoms with E-state index < -0.39 is 0 Å². The van der Waals surface area contributed by atoms with Gasteiger partial charge in [0.25, 0.3) is 0 Å². The topological polar surface area (TPSA) is 26.0 Å². The second-order valence-electron chi connectivity index (χ2n) is 5.47. The lowest BCUT2D eigenvalue weighted by Crippen LogP contribution is -2.21. The molecule has 1 rings (SSSR count). The van der Waals surface area contributed by atoms with Gasteiger partial charge in [0.05, 0.1) is 0 Å². The zero-order valence-electron chi connectivity index (χ0n) is 9.97. The van der Waals surface area contributed by atoms with Gasteiger partial charge >= 0.3 is 0 Å². The molecule has 0 aromatic heterocycles. The Morgan fingerprint density at radius 1 is 1.14 bits per heavy atom. The molecule has 2 N–H and O–H groups in total. The standard InChI is InChI=1S/C13H27N/c1-11(2)8-13(10-14)9-12-6-4-3-5-7-12/h11-13H,3-10,14H2,1-2H3. The maximum absolute atomic E-state index is 5.84. The Hall–Kier alpha value is -0.0400. The maximum atomic E-state index is 5.84. The van der Waals surface area contributed by atoms with Crippen molar-refractivity contribution in [2.75, 3.05) is 6.54 Å². The van der Waals surface area contributed by atoms with Crippen molar-refractivity contribution in [2.24, 2.45) is 23.5 Å². The van der Waals surface area contributed by atoms with Gasteiger partial charge in [0, 0.05) is 0 Å². The average Bonchev–Trinajstić information content (AvgIpc) is 2.17. The van der Waals surface area contributed by atoms with E-state index in [1.54, 1.807) is 0 Å². The van der Waals surface area contributed by atoms with Crippen molar-refractivity contribution in [1.29, 1.82) is 0 Å². The fourth-order valence-corrected chi connectivity index (χ4v) is 2.85. The third-order valence-corrected chi connectivity index (χ3v) is 3.53. The lowest BCUT2D eigenvalue weighted by Gasteiger charge is -2.26. The first kappa shape index (κ1) is 12.0. The van der Waals surface area contributed by atoms with Gasteiger partial charge in [0.15, 0.2) is 0 Å². The zero-order valence-corrected chi connectivity index (χ0v) is 9.97. The van der Waals surface area contributed by atoms with Gasteiger partial charge in [-0.2, -0.15) is 0 Å². The number of rotatable bonds is 5. The molecule has 1 unspecified atom stereocenters. The van der Waals surface area contributed by atoms with Crippen LogP contribution in [-0.4, -0.2) is 6.54 Å². The number of hydrogen-bond donors (Lipinski definition) is 1. The molecular formula is C13H27N. The first-order chi connectivity index (χ1) is 6.72. The summed E-state index contributed by atoms with van der Waals surface area (Å²) in [5.74, 6) is 2.60. The summed E-state index contributed by atoms with van der Waals surface area (Å²) in [6.45, 7) is 5.52. The molecule has 0 amide bonds. The Kier molecular flexibility index (Phi) is 5.54. The molecule has 0 aliphatic heterocycles. The van der Waals surface area contributed by atoms with E-state index in [-0.39, 0.29) is 0 Å². The van der Waals surface area contributed by atoms with Crippen molar-refractivity contribution >= 4 is 0 Å². The van der Waals surface area contributed by atoms with Gasteiger partial charge in [-0.1, -0.05) is 46.0 Å². The average molecular weight is 197 g/mol. The molecule has 0 saturated heterocycles. The van der Waals surface area contributed by atoms with Crippen LogP contribution in [-0.2, 0) is 0 Å². The second kappa shape index (κ2) is 6.44. The van der Waals surface area contributed by atoms with Crippen LogP contribution < -0.4 is 5.73 Å². The molecule has 1 saturated carbocycles. The largest absolute Gasteiger partial charge is 0.330 e. The van der Waals surface area contributed by atoms with Gasteiger partial charge in [-0.15, -0.1) is 0 Å². The Labute approximate surface area is 89.5 Å². The summed E-state index contributed by atoms with van der Waals surface area (Å²) in [6, 6.07) is 0. The SMILES string of the molecule is CC(C)CC(CN)CC1CCCCC1. The highest BCUT2D eigenvalue weighted by molar-refractivity contribution is 4.71. The summed E-state index contributed by atoms with van der Waals surface area (Å²) in [4.78, 5) is 0. The molecule has 1 fully saturated rings. The first-order valence-electron chi connectivity index (χ1n) is 6.42. The molecule has 0 aromatic rings. The van der Waals surface area contributed by atoms with Crippen molar-refractivity contribution in [3.63, 3.8) is 0 Å². The van der Waals surface area contributed by atoms with E-state index >= 15 is 0 Å². The van der Waals surface area contributed by atoms with E-state index in [0.29, 0.717) is 0 Å². The van der Waals surface area contributed by atoms with Crippen molar-refractivity contribution in [3.05, 3.63) is 0 Å². The zero-order chi connectivity index (χ0) is 10.4. The Balaban J connectivity index is 2.23. The first-order valence-corrected chi connectivity index (χ1v) is 6.42. The number of nitrogens with two attached hydrogens (primary N) is 1. The highest BCUT2D eigenvalue weighted by Gasteiger charge is 2.18. The second-order valence-corrected chi connectivity index (χ2v) is 5.47. The molecule has 0 spiro atoms. The van der Waals surface area contributed by atoms with Gasteiger partial charge < -0.3 is 5.73 Å². The predicted molar refractivity (Wildman–Crippen MR) is 63.2 cm³/mol. The lowest BCUT2D eigenvalue weighted by atomic mass is 9.80. The predicted octanol–water partition coefficient (Wildman–Crippen LogP) is 3.58. The summed E-state index contributed by atoms with van der Waals surface area (Å²) in [6.07, 6.45) is 10.0. The number of hydrogen-bond acceptors (Lipinski definition) is 1. The summed E-state index contributed by atoms with van der Waals surface area (Å²) in [5, 5.41) is 0. The molecule has 0 heterocycles. The van der Waals surface area contributed by atoms with Crippen molar-refractivity contribution in [1.82, 2.24) is 0 Å². The van der Waals surface area contributed by atoms with Gasteiger partial charge in [0.1, 0.15) is 0 Å². The van der Waals surface area contributed by atoms with Crippen molar-refractivity contribution in [3.8, 4) is 0 Å². The van der Waals surface area contributed by atoms with Crippen LogP contribution in [0.15, 0.2) is 0 Å². The quantitative estimate of drug-likeness (QED) is 0.716. The molecule has 14 heavy (non-hydrogen) atoms. The van der Waals surface area contributed by atoms with Crippen LogP contribution in [0.25, 0.3) is 0 Å². The minimum absolute atomic E-state index is 0.790. The van der Waals surface area contributed by atoms with E-state index in [0.717, 1.165) is 24.3 Å². The Morgan fingerprint density at radius 3 is 2.29 bits per heavy atom. The molecule has 1 aliphatic rings. The fraction of sp³-hybridized carbons (Fsp3) is 1.00. The van der Waals surface area contributed by atoms with Gasteiger partial charge in [0.2, 0.25) is 0 Å². The van der Waals surface area contributed by atoms with Gasteiger partial charge in [-0.05, 0) is 37.1 Å².